The molecule has 2 aliphatic heterocycles. The molecule has 6 heteroatoms. The third-order valence-corrected chi connectivity index (χ3v) is 4.37. The van der Waals surface area contributed by atoms with Gasteiger partial charge in [-0.1, -0.05) is 0 Å². The van der Waals surface area contributed by atoms with Crippen LogP contribution in [-0.4, -0.2) is 29.6 Å². The number of nitrogens with one attached hydrogen (secondary N) is 2. The van der Waals surface area contributed by atoms with Gasteiger partial charge in [0.25, 0.3) is 5.91 Å². The normalized spacial score (nSPS) is 26.9. The van der Waals surface area contributed by atoms with Crippen LogP contribution < -0.4 is 10.6 Å². The van der Waals surface area contributed by atoms with E-state index in [9.17, 15) is 4.79 Å². The molecule has 2 unspecified atom stereocenters. The van der Waals surface area contributed by atoms with Crippen LogP contribution in [0.2, 0.25) is 0 Å². The number of nitrogens with zero attached hydrogens (tertiary/aromatic N) is 1. The zero-order chi connectivity index (χ0) is 12.5. The van der Waals surface area contributed by atoms with Gasteiger partial charge in [-0.3, -0.25) is 10.1 Å². The number of hydrogen-bond donors (Lipinski definition) is 2. The smallest absolute Gasteiger partial charge is 0.255 e. The number of rotatable bonds is 2. The van der Waals surface area contributed by atoms with Crippen molar-refractivity contribution < 1.29 is 9.53 Å². The molecule has 0 saturated carbocycles. The first-order valence-electron chi connectivity index (χ1n) is 6.38. The molecule has 1 fully saturated rings. The first-order chi connectivity index (χ1) is 8.72. The molecule has 1 saturated heterocycles. The number of hydrogen-bond acceptors (Lipinski definition) is 5. The van der Waals surface area contributed by atoms with Crippen LogP contribution in [0.25, 0.3) is 0 Å². The van der Waals surface area contributed by atoms with Crippen molar-refractivity contribution >= 4 is 22.4 Å². The Morgan fingerprint density at radius 2 is 2.44 bits per heavy atom. The van der Waals surface area contributed by atoms with Gasteiger partial charge in [0.1, 0.15) is 6.10 Å². The number of aromatic nitrogens is 1. The lowest BCUT2D eigenvalue weighted by Crippen LogP contribution is -2.27. The fourth-order valence-corrected chi connectivity index (χ4v) is 3.34. The molecule has 3 rings (SSSR count). The summed E-state index contributed by atoms with van der Waals surface area (Å²) in [5.74, 6) is -0.0570. The SMILES string of the molecule is CC1CCC(C(=O)Nc2nc3c(s2)CNCC3)O1. The van der Waals surface area contributed by atoms with Crippen molar-refractivity contribution in [1.29, 1.82) is 0 Å². The van der Waals surface area contributed by atoms with E-state index >= 15 is 0 Å². The van der Waals surface area contributed by atoms with Crippen LogP contribution in [-0.2, 0) is 22.5 Å². The van der Waals surface area contributed by atoms with Gasteiger partial charge in [0.05, 0.1) is 11.8 Å². The molecule has 2 atom stereocenters. The van der Waals surface area contributed by atoms with Gasteiger partial charge >= 0.3 is 0 Å². The Morgan fingerprint density at radius 1 is 1.56 bits per heavy atom. The van der Waals surface area contributed by atoms with Gasteiger partial charge in [-0.25, -0.2) is 4.98 Å². The lowest BCUT2D eigenvalue weighted by molar-refractivity contribution is -0.126. The average Bonchev–Trinajstić information content (AvgIpc) is 2.94. The Balaban J connectivity index is 1.65. The molecular formula is C12H17N3O2S. The highest BCUT2D eigenvalue weighted by molar-refractivity contribution is 7.15. The van der Waals surface area contributed by atoms with E-state index in [0.29, 0.717) is 5.13 Å². The Kier molecular flexibility index (Phi) is 3.32. The van der Waals surface area contributed by atoms with Crippen LogP contribution in [0.1, 0.15) is 30.3 Å². The quantitative estimate of drug-likeness (QED) is 0.847. The van der Waals surface area contributed by atoms with Crippen molar-refractivity contribution in [3.05, 3.63) is 10.6 Å². The Labute approximate surface area is 110 Å². The predicted molar refractivity (Wildman–Crippen MR) is 69.7 cm³/mol. The van der Waals surface area contributed by atoms with Crippen molar-refractivity contribution in [2.45, 2.75) is 44.9 Å². The lowest BCUT2D eigenvalue weighted by Gasteiger charge is -2.09. The summed E-state index contributed by atoms with van der Waals surface area (Å²) in [6.45, 7) is 3.83. The molecule has 0 aliphatic carbocycles. The second-order valence-electron chi connectivity index (χ2n) is 4.82. The van der Waals surface area contributed by atoms with Crippen molar-refractivity contribution in [1.82, 2.24) is 10.3 Å². The highest BCUT2D eigenvalue weighted by Crippen LogP contribution is 2.26. The summed E-state index contributed by atoms with van der Waals surface area (Å²) < 4.78 is 5.55. The molecule has 0 spiro atoms. The number of anilines is 1. The van der Waals surface area contributed by atoms with Crippen LogP contribution in [0.15, 0.2) is 0 Å². The van der Waals surface area contributed by atoms with E-state index in [1.807, 2.05) is 6.92 Å². The summed E-state index contributed by atoms with van der Waals surface area (Å²) in [6.07, 6.45) is 2.59. The standard InChI is InChI=1S/C12H17N3O2S/c1-7-2-3-9(17-7)11(16)15-12-14-8-4-5-13-6-10(8)18-12/h7,9,13H,2-6H2,1H3,(H,14,15,16). The molecule has 1 aromatic rings. The molecule has 98 valence electrons. The van der Waals surface area contributed by atoms with E-state index in [0.717, 1.165) is 38.0 Å². The molecule has 0 aromatic carbocycles. The summed E-state index contributed by atoms with van der Waals surface area (Å²) in [5, 5.41) is 6.88. The van der Waals surface area contributed by atoms with Crippen LogP contribution in [0.5, 0.6) is 0 Å². The molecule has 2 aliphatic rings. The van der Waals surface area contributed by atoms with Gasteiger partial charge in [0.2, 0.25) is 0 Å². The Bertz CT molecular complexity index is 437. The topological polar surface area (TPSA) is 63.2 Å². The summed E-state index contributed by atoms with van der Waals surface area (Å²) in [6, 6.07) is 0. The number of thiazole rings is 1. The van der Waals surface area contributed by atoms with Gasteiger partial charge in [-0.15, -0.1) is 11.3 Å². The molecule has 2 N–H and O–H groups in total. The summed E-state index contributed by atoms with van der Waals surface area (Å²) >= 11 is 1.56. The van der Waals surface area contributed by atoms with Crippen molar-refractivity contribution in [3.63, 3.8) is 0 Å². The summed E-state index contributed by atoms with van der Waals surface area (Å²) in [4.78, 5) is 17.7. The summed E-state index contributed by atoms with van der Waals surface area (Å²) in [5.41, 5.74) is 1.12. The van der Waals surface area contributed by atoms with E-state index in [-0.39, 0.29) is 18.1 Å². The van der Waals surface area contributed by atoms with Gasteiger partial charge in [0.15, 0.2) is 5.13 Å². The molecule has 1 amide bonds. The third kappa shape index (κ3) is 2.41. The molecule has 1 aromatic heterocycles. The minimum absolute atomic E-state index is 0.0570. The van der Waals surface area contributed by atoms with Crippen molar-refractivity contribution in [2.24, 2.45) is 0 Å². The van der Waals surface area contributed by atoms with E-state index in [1.54, 1.807) is 11.3 Å². The van der Waals surface area contributed by atoms with E-state index in [2.05, 4.69) is 15.6 Å². The maximum Gasteiger partial charge on any atom is 0.255 e. The van der Waals surface area contributed by atoms with E-state index < -0.39 is 0 Å². The molecule has 3 heterocycles. The van der Waals surface area contributed by atoms with Crippen LogP contribution in [0, 0.1) is 0 Å². The molecule has 18 heavy (non-hydrogen) atoms. The fraction of sp³-hybridized carbons (Fsp3) is 0.667. The zero-order valence-corrected chi connectivity index (χ0v) is 11.2. The number of amides is 1. The Hall–Kier alpha value is -0.980. The van der Waals surface area contributed by atoms with Crippen LogP contribution in [0.4, 0.5) is 5.13 Å². The van der Waals surface area contributed by atoms with Gasteiger partial charge < -0.3 is 10.1 Å². The maximum absolute atomic E-state index is 12.0. The number of ether oxygens (including phenoxy) is 1. The average molecular weight is 267 g/mol. The molecule has 0 radical (unpaired) electrons. The minimum Gasteiger partial charge on any atom is -0.365 e. The number of carbonyl (C=O) groups excluding carboxylic acids is 1. The molecule has 5 nitrogen and oxygen atoms in total. The van der Waals surface area contributed by atoms with Crippen molar-refractivity contribution in [3.8, 4) is 0 Å². The fourth-order valence-electron chi connectivity index (χ4n) is 2.36. The largest absolute Gasteiger partial charge is 0.365 e. The number of carbonyl (C=O) groups is 1. The van der Waals surface area contributed by atoms with E-state index in [4.69, 9.17) is 4.74 Å². The summed E-state index contributed by atoms with van der Waals surface area (Å²) in [7, 11) is 0. The van der Waals surface area contributed by atoms with Crippen molar-refractivity contribution in [2.75, 3.05) is 11.9 Å². The molecular weight excluding hydrogens is 250 g/mol. The second kappa shape index (κ2) is 4.95. The van der Waals surface area contributed by atoms with Crippen LogP contribution in [0.3, 0.4) is 0 Å². The first kappa shape index (κ1) is 12.1. The van der Waals surface area contributed by atoms with Gasteiger partial charge in [-0.05, 0) is 19.8 Å². The highest BCUT2D eigenvalue weighted by atomic mass is 32.1. The first-order valence-corrected chi connectivity index (χ1v) is 7.19. The van der Waals surface area contributed by atoms with Crippen LogP contribution >= 0.6 is 11.3 Å². The Morgan fingerprint density at radius 3 is 3.17 bits per heavy atom. The maximum atomic E-state index is 12.0. The monoisotopic (exact) mass is 267 g/mol. The minimum atomic E-state index is -0.306. The van der Waals surface area contributed by atoms with Gasteiger partial charge in [-0.2, -0.15) is 0 Å². The highest BCUT2D eigenvalue weighted by Gasteiger charge is 2.29. The van der Waals surface area contributed by atoms with E-state index in [1.165, 1.54) is 4.88 Å². The number of fused-ring (bicyclic) bond motifs is 1. The predicted octanol–water partition coefficient (Wildman–Crippen LogP) is 1.29. The van der Waals surface area contributed by atoms with Gasteiger partial charge in [0, 0.05) is 24.4 Å². The second-order valence-corrected chi connectivity index (χ2v) is 5.90. The molecule has 0 bridgehead atoms. The zero-order valence-electron chi connectivity index (χ0n) is 10.4. The third-order valence-electron chi connectivity index (χ3n) is 3.36. The lowest BCUT2D eigenvalue weighted by atomic mass is 10.2.